The van der Waals surface area contributed by atoms with Gasteiger partial charge in [-0.05, 0) is 75.7 Å². The van der Waals surface area contributed by atoms with Crippen LogP contribution < -0.4 is 26.6 Å². The fourth-order valence-corrected chi connectivity index (χ4v) is 8.29. The lowest BCUT2D eigenvalue weighted by molar-refractivity contribution is 0.271. The lowest BCUT2D eigenvalue weighted by Gasteiger charge is -2.40. The molecule has 63 heavy (non-hydrogen) atoms. The first kappa shape index (κ1) is 46.1. The number of H-pyrrole nitrogens is 1. The van der Waals surface area contributed by atoms with Crippen molar-refractivity contribution < 1.29 is 4.39 Å². The van der Waals surface area contributed by atoms with Crippen LogP contribution in [0.25, 0.3) is 39.4 Å². The summed E-state index contributed by atoms with van der Waals surface area (Å²) >= 11 is 0. The van der Waals surface area contributed by atoms with E-state index in [1.54, 1.807) is 24.5 Å². The zero-order valence-corrected chi connectivity index (χ0v) is 37.4. The average molecular weight is 852 g/mol. The number of allylic oxidation sites excluding steroid dienone is 2. The molecule has 0 amide bonds. The molecular formula is C51H66FN11. The molecule has 2 aliphatic rings. The molecular weight excluding hydrogens is 786 g/mol. The van der Waals surface area contributed by atoms with E-state index in [4.69, 9.17) is 5.73 Å². The van der Waals surface area contributed by atoms with Crippen LogP contribution in [0.5, 0.6) is 0 Å². The van der Waals surface area contributed by atoms with Gasteiger partial charge in [0.2, 0.25) is 0 Å². The van der Waals surface area contributed by atoms with Gasteiger partial charge in [-0.15, -0.1) is 0 Å². The second-order valence-corrected chi connectivity index (χ2v) is 16.3. The number of rotatable bonds is 19. The summed E-state index contributed by atoms with van der Waals surface area (Å²) in [6.07, 6.45) is 12.8. The minimum atomic E-state index is -0.447. The van der Waals surface area contributed by atoms with Crippen LogP contribution in [0.4, 0.5) is 21.5 Å². The second-order valence-electron chi connectivity index (χ2n) is 16.3. The highest BCUT2D eigenvalue weighted by atomic mass is 19.1. The van der Waals surface area contributed by atoms with Crippen molar-refractivity contribution in [1.82, 2.24) is 40.6 Å². The number of aromatic nitrogens is 4. The van der Waals surface area contributed by atoms with Gasteiger partial charge in [-0.1, -0.05) is 102 Å². The first-order chi connectivity index (χ1) is 30.6. The third kappa shape index (κ3) is 12.0. The fraction of sp³-hybridized carbons (Fsp3) is 0.353. The van der Waals surface area contributed by atoms with Crippen molar-refractivity contribution in [3.05, 3.63) is 140 Å². The standard InChI is InChI=1S/C28H42N4.C23H24FN7/c1-7-29-20-14-10-8-9-11-15-21-30-27-17-13-12-16-26(27)25(6)32(22(2)3)28-19-18-23(4)31-24(28)5;1-2-30-10-12-31(13-11-30)16-8-6-15(7-9-16)21-22-19(28-29-21)14-26-23(27-22)20-17(24)4-3-5-18(20)25/h7,12-13,16-17,28-31H,1-2,4-6,8-11,14-15,18-21H2,3H3;3-9,14H,2,10-13,25H2,1H3,(H,28,29). The van der Waals surface area contributed by atoms with Crippen molar-refractivity contribution in [2.24, 2.45) is 0 Å². The third-order valence-electron chi connectivity index (χ3n) is 11.8. The monoisotopic (exact) mass is 852 g/mol. The summed E-state index contributed by atoms with van der Waals surface area (Å²) in [6.45, 7) is 32.2. The van der Waals surface area contributed by atoms with Crippen LogP contribution in [0, 0.1) is 5.82 Å². The highest BCUT2D eigenvalue weighted by molar-refractivity contribution is 5.91. The number of aromatic amines is 1. The number of nitrogen functional groups attached to an aromatic ring is 1. The Morgan fingerprint density at radius 2 is 1.65 bits per heavy atom. The summed E-state index contributed by atoms with van der Waals surface area (Å²) in [5, 5.41) is 17.5. The highest BCUT2D eigenvalue weighted by Crippen LogP contribution is 2.35. The zero-order valence-electron chi connectivity index (χ0n) is 37.4. The van der Waals surface area contributed by atoms with Crippen LogP contribution in [-0.4, -0.2) is 81.8 Å². The lowest BCUT2D eigenvalue weighted by atomic mass is 9.98. The lowest BCUT2D eigenvalue weighted by Crippen LogP contribution is -2.46. The third-order valence-corrected chi connectivity index (χ3v) is 11.8. The molecule has 332 valence electrons. The molecule has 0 bridgehead atoms. The topological polar surface area (TPSA) is 126 Å². The number of benzene rings is 3. The molecule has 0 spiro atoms. The molecule has 11 nitrogen and oxygen atoms in total. The predicted octanol–water partition coefficient (Wildman–Crippen LogP) is 10.3. The summed E-state index contributed by atoms with van der Waals surface area (Å²) in [5.41, 5.74) is 16.8. The summed E-state index contributed by atoms with van der Waals surface area (Å²) in [6, 6.07) is 21.5. The van der Waals surface area contributed by atoms with E-state index in [9.17, 15) is 4.39 Å². The Bertz CT molecular complexity index is 2320. The quantitative estimate of drug-likeness (QED) is 0.0405. The Morgan fingerprint density at radius 1 is 0.937 bits per heavy atom. The highest BCUT2D eigenvalue weighted by Gasteiger charge is 2.28. The molecule has 5 aromatic rings. The number of anilines is 3. The van der Waals surface area contributed by atoms with E-state index in [0.29, 0.717) is 22.4 Å². The number of para-hydroxylation sites is 1. The number of piperazine rings is 1. The molecule has 7 rings (SSSR count). The molecule has 2 aromatic heterocycles. The molecule has 0 radical (unpaired) electrons. The van der Waals surface area contributed by atoms with E-state index >= 15 is 0 Å². The normalized spacial score (nSPS) is 15.3. The van der Waals surface area contributed by atoms with Crippen molar-refractivity contribution in [2.75, 3.05) is 61.8 Å². The summed E-state index contributed by atoms with van der Waals surface area (Å²) < 4.78 is 14.4. The Balaban J connectivity index is 0.000000210. The minimum Gasteiger partial charge on any atom is -0.398 e. The Kier molecular flexibility index (Phi) is 16.6. The van der Waals surface area contributed by atoms with Gasteiger partial charge in [-0.3, -0.25) is 5.10 Å². The number of fused-ring (bicyclic) bond motifs is 1. The van der Waals surface area contributed by atoms with Gasteiger partial charge in [0.15, 0.2) is 5.82 Å². The van der Waals surface area contributed by atoms with Gasteiger partial charge in [0, 0.05) is 90.2 Å². The molecule has 1 unspecified atom stereocenters. The molecule has 3 aromatic carbocycles. The largest absolute Gasteiger partial charge is 0.398 e. The number of nitrogens with one attached hydrogen (secondary N) is 4. The number of hydrogen-bond acceptors (Lipinski definition) is 10. The number of piperidine rings is 1. The van der Waals surface area contributed by atoms with E-state index in [0.717, 1.165) is 98.3 Å². The van der Waals surface area contributed by atoms with E-state index in [1.807, 2.05) is 6.92 Å². The summed E-state index contributed by atoms with van der Waals surface area (Å²) in [4.78, 5) is 15.9. The smallest absolute Gasteiger partial charge is 0.165 e. The van der Waals surface area contributed by atoms with Crippen molar-refractivity contribution in [2.45, 2.75) is 71.3 Å². The minimum absolute atomic E-state index is 0.125. The van der Waals surface area contributed by atoms with Gasteiger partial charge in [0.05, 0.1) is 17.8 Å². The van der Waals surface area contributed by atoms with Crippen LogP contribution in [0.3, 0.4) is 0 Å². The average Bonchev–Trinajstić information content (AvgIpc) is 3.71. The van der Waals surface area contributed by atoms with Crippen molar-refractivity contribution in [3.8, 4) is 22.6 Å². The molecule has 4 heterocycles. The number of nitrogens with two attached hydrogens (primary N) is 1. The molecule has 1 atom stereocenters. The van der Waals surface area contributed by atoms with Crippen LogP contribution in [0.15, 0.2) is 129 Å². The van der Waals surface area contributed by atoms with E-state index < -0.39 is 5.82 Å². The Labute approximate surface area is 373 Å². The number of unbranched alkanes of at least 4 members (excludes halogenated alkanes) is 5. The van der Waals surface area contributed by atoms with Gasteiger partial charge in [-0.25, -0.2) is 14.4 Å². The molecule has 6 N–H and O–H groups in total. The summed E-state index contributed by atoms with van der Waals surface area (Å²) in [7, 11) is 0. The first-order valence-electron chi connectivity index (χ1n) is 22.4. The van der Waals surface area contributed by atoms with E-state index in [-0.39, 0.29) is 17.4 Å². The van der Waals surface area contributed by atoms with Gasteiger partial charge >= 0.3 is 0 Å². The maximum Gasteiger partial charge on any atom is 0.165 e. The van der Waals surface area contributed by atoms with Crippen molar-refractivity contribution in [3.63, 3.8) is 0 Å². The van der Waals surface area contributed by atoms with Crippen LogP contribution in [0.2, 0.25) is 0 Å². The van der Waals surface area contributed by atoms with Crippen LogP contribution in [-0.2, 0) is 0 Å². The van der Waals surface area contributed by atoms with Gasteiger partial charge < -0.3 is 36.4 Å². The molecule has 2 fully saturated rings. The number of likely N-dealkylation sites (N-methyl/N-ethyl adjacent to an activating group) is 1. The van der Waals surface area contributed by atoms with Gasteiger partial charge in [-0.2, -0.15) is 5.10 Å². The number of hydrogen-bond donors (Lipinski definition) is 5. The second kappa shape index (κ2) is 22.6. The van der Waals surface area contributed by atoms with Crippen molar-refractivity contribution >= 4 is 33.8 Å². The molecule has 0 saturated carbocycles. The first-order valence-corrected chi connectivity index (χ1v) is 22.4. The number of nitrogens with zero attached hydrogens (tertiary/aromatic N) is 6. The fourth-order valence-electron chi connectivity index (χ4n) is 8.29. The zero-order chi connectivity index (χ0) is 44.7. The molecule has 2 saturated heterocycles. The Morgan fingerprint density at radius 3 is 2.33 bits per heavy atom. The van der Waals surface area contributed by atoms with E-state index in [1.165, 1.54) is 50.3 Å². The molecule has 12 heteroatoms. The predicted molar refractivity (Wildman–Crippen MR) is 262 cm³/mol. The van der Waals surface area contributed by atoms with E-state index in [2.05, 4.69) is 139 Å². The maximum atomic E-state index is 14.4. The van der Waals surface area contributed by atoms with Crippen LogP contribution >= 0.6 is 0 Å². The van der Waals surface area contributed by atoms with Gasteiger partial charge in [0.1, 0.15) is 22.5 Å². The number of halogens is 1. The maximum absolute atomic E-state index is 14.4. The summed E-state index contributed by atoms with van der Waals surface area (Å²) in [5.74, 6) is -0.201. The SMILES string of the molecule is C=CNCCCCCCCCNc1ccccc1C(=C)N(C(=C)C)C1CCC(=C)NC1=C.CCN1CCN(c2ccc(-c3n[nH]c4cnc(-c5c(N)cccc5F)nc34)cc2)CC1. The molecule has 0 aliphatic carbocycles. The van der Waals surface area contributed by atoms with Crippen LogP contribution in [0.1, 0.15) is 70.8 Å². The Hall–Kier alpha value is -6.40. The van der Waals surface area contributed by atoms with Crippen molar-refractivity contribution in [1.29, 1.82) is 0 Å². The van der Waals surface area contributed by atoms with Gasteiger partial charge in [0.25, 0.3) is 0 Å². The molecule has 2 aliphatic heterocycles.